The predicted octanol–water partition coefficient (Wildman–Crippen LogP) is 1.38. The van der Waals surface area contributed by atoms with Gasteiger partial charge in [0.1, 0.15) is 0 Å². The molecule has 2 rings (SSSR count). The van der Waals surface area contributed by atoms with Crippen molar-refractivity contribution >= 4 is 22.7 Å². The van der Waals surface area contributed by atoms with Crippen LogP contribution in [0.25, 0.3) is 0 Å². The average molecular weight is 243 g/mol. The molecule has 0 aromatic heterocycles. The fourth-order valence-corrected chi connectivity index (χ4v) is 3.61. The van der Waals surface area contributed by atoms with Gasteiger partial charge >= 0.3 is 0 Å². The van der Waals surface area contributed by atoms with Crippen molar-refractivity contribution in [3.05, 3.63) is 30.3 Å². The van der Waals surface area contributed by atoms with Gasteiger partial charge in [0, 0.05) is 18.3 Å². The smallest absolute Gasteiger partial charge is 0.207 e. The van der Waals surface area contributed by atoms with Gasteiger partial charge in [0.2, 0.25) is 10.0 Å². The van der Waals surface area contributed by atoms with Crippen molar-refractivity contribution in [2.24, 2.45) is 0 Å². The van der Waals surface area contributed by atoms with Crippen LogP contribution in [0.1, 0.15) is 6.42 Å². The number of benzene rings is 1. The molecule has 1 heterocycles. The molecule has 1 aromatic carbocycles. The van der Waals surface area contributed by atoms with Crippen molar-refractivity contribution in [1.82, 2.24) is 4.31 Å². The lowest BCUT2D eigenvalue weighted by molar-refractivity contribution is 0.478. The molecule has 15 heavy (non-hydrogen) atoms. The lowest BCUT2D eigenvalue weighted by Gasteiger charge is -2.15. The number of nitrogens with zero attached hydrogens (tertiary/aromatic N) is 1. The Morgan fingerprint density at radius 1 is 1.27 bits per heavy atom. The Morgan fingerprint density at radius 2 is 1.93 bits per heavy atom. The summed E-state index contributed by atoms with van der Waals surface area (Å²) in [5.41, 5.74) is 0. The number of hydrogen-bond donors (Lipinski definition) is 1. The summed E-state index contributed by atoms with van der Waals surface area (Å²) < 4.78 is 25.6. The van der Waals surface area contributed by atoms with Crippen LogP contribution in [0.2, 0.25) is 0 Å². The molecule has 0 aliphatic carbocycles. The largest absolute Gasteiger partial charge is 0.243 e. The number of sulfonamides is 1. The van der Waals surface area contributed by atoms with E-state index in [0.29, 0.717) is 18.0 Å². The van der Waals surface area contributed by atoms with Gasteiger partial charge < -0.3 is 0 Å². The summed E-state index contributed by atoms with van der Waals surface area (Å²) in [5.74, 6) is 0. The third-order valence-electron chi connectivity index (χ3n) is 2.51. The van der Waals surface area contributed by atoms with Crippen LogP contribution >= 0.6 is 12.6 Å². The van der Waals surface area contributed by atoms with Crippen LogP contribution in [0.5, 0.6) is 0 Å². The van der Waals surface area contributed by atoms with Crippen molar-refractivity contribution < 1.29 is 8.42 Å². The van der Waals surface area contributed by atoms with Gasteiger partial charge in [-0.05, 0) is 18.6 Å². The molecular formula is C10H13NO2S2. The van der Waals surface area contributed by atoms with Crippen LogP contribution in [0.4, 0.5) is 0 Å². The summed E-state index contributed by atoms with van der Waals surface area (Å²) in [6.45, 7) is 1.09. The normalized spacial score (nSPS) is 23.1. The summed E-state index contributed by atoms with van der Waals surface area (Å²) in [6.07, 6.45) is 0.829. The summed E-state index contributed by atoms with van der Waals surface area (Å²) in [5, 5.41) is 0.170. The van der Waals surface area contributed by atoms with E-state index in [4.69, 9.17) is 0 Å². The lowest BCUT2D eigenvalue weighted by atomic mass is 10.4. The van der Waals surface area contributed by atoms with Crippen LogP contribution in [0.15, 0.2) is 35.2 Å². The van der Waals surface area contributed by atoms with E-state index < -0.39 is 10.0 Å². The predicted molar refractivity (Wildman–Crippen MR) is 62.6 cm³/mol. The Kier molecular flexibility index (Phi) is 3.04. The molecule has 1 aliphatic heterocycles. The SMILES string of the molecule is O=S(=O)(c1ccccc1)N1CCC(S)C1. The molecular weight excluding hydrogens is 230 g/mol. The highest BCUT2D eigenvalue weighted by Gasteiger charge is 2.30. The van der Waals surface area contributed by atoms with Gasteiger partial charge in [-0.25, -0.2) is 8.42 Å². The Bertz CT molecular complexity index is 430. The molecule has 82 valence electrons. The molecule has 1 unspecified atom stereocenters. The summed E-state index contributed by atoms with van der Waals surface area (Å²) >= 11 is 4.29. The third-order valence-corrected chi connectivity index (χ3v) is 4.81. The quantitative estimate of drug-likeness (QED) is 0.797. The minimum atomic E-state index is -3.29. The van der Waals surface area contributed by atoms with Crippen molar-refractivity contribution in [1.29, 1.82) is 0 Å². The summed E-state index contributed by atoms with van der Waals surface area (Å²) in [4.78, 5) is 0.368. The second-order valence-electron chi connectivity index (χ2n) is 3.62. The van der Waals surface area contributed by atoms with Gasteiger partial charge in [-0.15, -0.1) is 0 Å². The molecule has 0 amide bonds. The Hall–Kier alpha value is -0.520. The standard InChI is InChI=1S/C10H13NO2S2/c12-15(13,10-4-2-1-3-5-10)11-7-6-9(14)8-11/h1-5,9,14H,6-8H2. The minimum absolute atomic E-state index is 0.170. The molecule has 0 saturated carbocycles. The summed E-state index contributed by atoms with van der Waals surface area (Å²) in [7, 11) is -3.29. The minimum Gasteiger partial charge on any atom is -0.207 e. The zero-order chi connectivity index (χ0) is 10.9. The first-order chi connectivity index (χ1) is 7.10. The molecule has 1 saturated heterocycles. The van der Waals surface area contributed by atoms with Crippen molar-refractivity contribution in [2.45, 2.75) is 16.6 Å². The number of rotatable bonds is 2. The lowest BCUT2D eigenvalue weighted by Crippen LogP contribution is -2.28. The van der Waals surface area contributed by atoms with E-state index in [9.17, 15) is 8.42 Å². The topological polar surface area (TPSA) is 37.4 Å². The average Bonchev–Trinajstić information content (AvgIpc) is 2.67. The highest BCUT2D eigenvalue weighted by atomic mass is 32.2. The Morgan fingerprint density at radius 3 is 2.47 bits per heavy atom. The molecule has 1 atom stereocenters. The molecule has 1 aromatic rings. The molecule has 1 fully saturated rings. The fourth-order valence-electron chi connectivity index (χ4n) is 1.67. The van der Waals surface area contributed by atoms with E-state index in [1.54, 1.807) is 24.3 Å². The van der Waals surface area contributed by atoms with Gasteiger partial charge in [0.05, 0.1) is 4.90 Å². The van der Waals surface area contributed by atoms with E-state index in [-0.39, 0.29) is 5.25 Å². The zero-order valence-corrected chi connectivity index (χ0v) is 9.92. The van der Waals surface area contributed by atoms with Crippen molar-refractivity contribution in [2.75, 3.05) is 13.1 Å². The first-order valence-corrected chi connectivity index (χ1v) is 6.79. The van der Waals surface area contributed by atoms with Gasteiger partial charge in [-0.2, -0.15) is 16.9 Å². The molecule has 0 N–H and O–H groups in total. The van der Waals surface area contributed by atoms with E-state index >= 15 is 0 Å². The molecule has 0 spiro atoms. The first-order valence-electron chi connectivity index (χ1n) is 4.84. The second kappa shape index (κ2) is 4.15. The molecule has 1 aliphatic rings. The maximum atomic E-state index is 12.1. The van der Waals surface area contributed by atoms with Crippen LogP contribution in [0, 0.1) is 0 Å². The zero-order valence-electron chi connectivity index (χ0n) is 8.20. The van der Waals surface area contributed by atoms with Gasteiger partial charge in [-0.1, -0.05) is 18.2 Å². The second-order valence-corrected chi connectivity index (χ2v) is 6.29. The van der Waals surface area contributed by atoms with Gasteiger partial charge in [0.15, 0.2) is 0 Å². The van der Waals surface area contributed by atoms with Gasteiger partial charge in [0.25, 0.3) is 0 Å². The van der Waals surface area contributed by atoms with Crippen LogP contribution in [-0.4, -0.2) is 31.1 Å². The van der Waals surface area contributed by atoms with E-state index in [1.165, 1.54) is 4.31 Å². The van der Waals surface area contributed by atoms with E-state index in [0.717, 1.165) is 6.42 Å². The third kappa shape index (κ3) is 2.19. The Balaban J connectivity index is 2.28. The van der Waals surface area contributed by atoms with Crippen LogP contribution in [-0.2, 0) is 10.0 Å². The van der Waals surface area contributed by atoms with E-state index in [1.807, 2.05) is 6.07 Å². The molecule has 0 bridgehead atoms. The van der Waals surface area contributed by atoms with Crippen LogP contribution < -0.4 is 0 Å². The Labute approximate surface area is 95.6 Å². The van der Waals surface area contributed by atoms with Crippen molar-refractivity contribution in [3.8, 4) is 0 Å². The number of hydrogen-bond acceptors (Lipinski definition) is 3. The van der Waals surface area contributed by atoms with Crippen LogP contribution in [0.3, 0.4) is 0 Å². The molecule has 3 nitrogen and oxygen atoms in total. The summed E-state index contributed by atoms with van der Waals surface area (Å²) in [6, 6.07) is 8.54. The van der Waals surface area contributed by atoms with E-state index in [2.05, 4.69) is 12.6 Å². The number of thiol groups is 1. The maximum Gasteiger partial charge on any atom is 0.243 e. The van der Waals surface area contributed by atoms with Crippen molar-refractivity contribution in [3.63, 3.8) is 0 Å². The molecule has 5 heteroatoms. The monoisotopic (exact) mass is 243 g/mol. The maximum absolute atomic E-state index is 12.1. The fraction of sp³-hybridized carbons (Fsp3) is 0.400. The highest BCUT2D eigenvalue weighted by Crippen LogP contribution is 2.22. The van der Waals surface area contributed by atoms with Gasteiger partial charge in [-0.3, -0.25) is 0 Å². The highest BCUT2D eigenvalue weighted by molar-refractivity contribution is 7.89. The molecule has 0 radical (unpaired) electrons. The first kappa shape index (κ1) is 11.0.